The molecule has 1 aromatic carbocycles. The molecule has 1 atom stereocenters. The number of benzene rings is 1. The van der Waals surface area contributed by atoms with Gasteiger partial charge in [-0.2, -0.15) is 4.31 Å². The van der Waals surface area contributed by atoms with Crippen LogP contribution in [0, 0.1) is 0 Å². The maximum atomic E-state index is 13.4. The van der Waals surface area contributed by atoms with Crippen LogP contribution in [0.25, 0.3) is 0 Å². The average molecular weight is 515 g/mol. The van der Waals surface area contributed by atoms with Crippen molar-refractivity contribution in [3.05, 3.63) is 24.3 Å². The van der Waals surface area contributed by atoms with E-state index in [4.69, 9.17) is 4.74 Å². The first-order chi connectivity index (χ1) is 16.1. The molecule has 1 aromatic rings. The van der Waals surface area contributed by atoms with Crippen LogP contribution in [0.1, 0.15) is 66.7 Å². The van der Waals surface area contributed by atoms with Crippen molar-refractivity contribution in [1.29, 1.82) is 0 Å². The predicted octanol–water partition coefficient (Wildman–Crippen LogP) is 4.61. The van der Waals surface area contributed by atoms with Crippen LogP contribution in [0.3, 0.4) is 0 Å². The Labute approximate surface area is 210 Å². The molecule has 1 aliphatic rings. The number of carbonyl (C=O) groups is 2. The molecule has 0 radical (unpaired) electrons. The van der Waals surface area contributed by atoms with E-state index < -0.39 is 10.0 Å². The van der Waals surface area contributed by atoms with Crippen LogP contribution in [0.4, 0.5) is 0 Å². The Morgan fingerprint density at radius 1 is 1.09 bits per heavy atom. The summed E-state index contributed by atoms with van der Waals surface area (Å²) in [6.07, 6.45) is 5.60. The van der Waals surface area contributed by atoms with Gasteiger partial charge in [-0.1, -0.05) is 31.5 Å². The van der Waals surface area contributed by atoms with Crippen molar-refractivity contribution < 1.29 is 22.7 Å². The fraction of sp³-hybridized carbons (Fsp3) is 0.680. The molecule has 34 heavy (non-hydrogen) atoms. The van der Waals surface area contributed by atoms with Gasteiger partial charge in [-0.3, -0.25) is 4.79 Å². The number of rotatable bonds is 12. The van der Waals surface area contributed by atoms with Crippen molar-refractivity contribution in [2.75, 3.05) is 38.5 Å². The monoisotopic (exact) mass is 514 g/mol. The molecule has 0 unspecified atom stereocenters. The molecule has 0 N–H and O–H groups in total. The zero-order chi connectivity index (χ0) is 25.6. The second-order valence-electron chi connectivity index (χ2n) is 8.75. The van der Waals surface area contributed by atoms with Gasteiger partial charge in [0.1, 0.15) is 11.5 Å². The molecule has 0 amide bonds. The Hall–Kier alpha value is -1.42. The molecule has 0 bridgehead atoms. The number of nitrogens with zero attached hydrogens (tertiary/aromatic N) is 2. The molecule has 1 saturated heterocycles. The molecular formula is C25H42N2O5S2. The molecule has 1 aliphatic heterocycles. The summed E-state index contributed by atoms with van der Waals surface area (Å²) in [6.45, 7) is 12.4. The highest BCUT2D eigenvalue weighted by Crippen LogP contribution is 2.23. The molecule has 1 fully saturated rings. The van der Waals surface area contributed by atoms with E-state index in [9.17, 15) is 18.0 Å². The number of thioether (sulfide) groups is 1. The lowest BCUT2D eigenvalue weighted by Crippen LogP contribution is -2.45. The second-order valence-corrected chi connectivity index (χ2v) is 11.8. The van der Waals surface area contributed by atoms with Gasteiger partial charge in [0, 0.05) is 31.8 Å². The quantitative estimate of drug-likeness (QED) is 0.377. The molecule has 2 rings (SSSR count). The van der Waals surface area contributed by atoms with Crippen LogP contribution < -0.4 is 4.74 Å². The van der Waals surface area contributed by atoms with Crippen LogP contribution in [-0.2, 0) is 19.6 Å². The Balaban J connectivity index is 0.00000133. The Morgan fingerprint density at radius 3 is 2.21 bits per heavy atom. The number of hydrogen-bond donors (Lipinski definition) is 0. The summed E-state index contributed by atoms with van der Waals surface area (Å²) in [5, 5.41) is 0.00353. The minimum absolute atomic E-state index is 0.00353. The number of unbranched alkanes of at least 4 members (excludes halogenated alkanes) is 1. The summed E-state index contributed by atoms with van der Waals surface area (Å²) in [7, 11) is -3.66. The third-order valence-corrected chi connectivity index (χ3v) is 8.39. The molecule has 9 heteroatoms. The van der Waals surface area contributed by atoms with Crippen molar-refractivity contribution in [2.24, 2.45) is 0 Å². The Bertz CT molecular complexity index is 833. The van der Waals surface area contributed by atoms with Gasteiger partial charge >= 0.3 is 0 Å². The molecule has 0 spiro atoms. The molecule has 1 heterocycles. The zero-order valence-electron chi connectivity index (χ0n) is 21.4. The van der Waals surface area contributed by atoms with Crippen LogP contribution in [0.2, 0.25) is 0 Å². The summed E-state index contributed by atoms with van der Waals surface area (Å²) >= 11 is 1.18. The number of hydrogen-bond acceptors (Lipinski definition) is 7. The Kier molecular flexibility index (Phi) is 14.7. The van der Waals surface area contributed by atoms with E-state index in [0.717, 1.165) is 25.9 Å². The van der Waals surface area contributed by atoms with Gasteiger partial charge in [-0.05, 0) is 77.4 Å². The lowest BCUT2D eigenvalue weighted by molar-refractivity contribution is -0.115. The highest BCUT2D eigenvalue weighted by atomic mass is 32.2. The highest BCUT2D eigenvalue weighted by molar-refractivity contribution is 8.13. The summed E-state index contributed by atoms with van der Waals surface area (Å²) in [6, 6.07) is 6.42. The van der Waals surface area contributed by atoms with Crippen LogP contribution in [0.5, 0.6) is 5.75 Å². The number of sulfonamides is 1. The summed E-state index contributed by atoms with van der Waals surface area (Å²) in [5.74, 6) is 1.30. The van der Waals surface area contributed by atoms with Crippen molar-refractivity contribution in [1.82, 2.24) is 9.21 Å². The van der Waals surface area contributed by atoms with E-state index in [-0.39, 0.29) is 21.8 Å². The third kappa shape index (κ3) is 11.8. The van der Waals surface area contributed by atoms with Crippen LogP contribution in [0.15, 0.2) is 29.2 Å². The van der Waals surface area contributed by atoms with Crippen molar-refractivity contribution in [2.45, 2.75) is 77.7 Å². The standard InChI is InChI=1S/C22H36N2O4S2.C3H6O/c1-4-5-17-28-21-9-11-22(12-10-21)30(26,27)24(19(2)18-29-20(3)25)16-15-23-13-7-6-8-14-23;1-3(2)4/h9-12,19H,4-8,13-18H2,1-3H3;1-2H3/t19-;/m1./s1. The lowest BCUT2D eigenvalue weighted by atomic mass is 10.1. The maximum Gasteiger partial charge on any atom is 0.243 e. The van der Waals surface area contributed by atoms with Crippen LogP contribution >= 0.6 is 11.8 Å². The van der Waals surface area contributed by atoms with Gasteiger partial charge in [0.05, 0.1) is 11.5 Å². The lowest BCUT2D eigenvalue weighted by Gasteiger charge is -2.32. The van der Waals surface area contributed by atoms with Crippen molar-refractivity contribution in [3.63, 3.8) is 0 Å². The van der Waals surface area contributed by atoms with E-state index in [2.05, 4.69) is 11.8 Å². The smallest absolute Gasteiger partial charge is 0.243 e. The molecular weight excluding hydrogens is 472 g/mol. The van der Waals surface area contributed by atoms with Gasteiger partial charge in [0.25, 0.3) is 0 Å². The largest absolute Gasteiger partial charge is 0.494 e. The minimum Gasteiger partial charge on any atom is -0.494 e. The van der Waals surface area contributed by atoms with E-state index in [0.29, 0.717) is 31.2 Å². The topological polar surface area (TPSA) is 84.0 Å². The molecule has 0 saturated carbocycles. The van der Waals surface area contributed by atoms with Crippen molar-refractivity contribution >= 4 is 32.7 Å². The van der Waals surface area contributed by atoms with Crippen LogP contribution in [-0.4, -0.2) is 73.1 Å². The number of piperidine rings is 1. The fourth-order valence-electron chi connectivity index (χ4n) is 3.50. The van der Waals surface area contributed by atoms with Crippen molar-refractivity contribution in [3.8, 4) is 5.75 Å². The zero-order valence-corrected chi connectivity index (χ0v) is 23.1. The van der Waals surface area contributed by atoms with E-state index in [1.807, 2.05) is 6.92 Å². The Morgan fingerprint density at radius 2 is 1.68 bits per heavy atom. The predicted molar refractivity (Wildman–Crippen MR) is 140 cm³/mol. The number of carbonyl (C=O) groups excluding carboxylic acids is 2. The average Bonchev–Trinajstić information content (AvgIpc) is 2.78. The normalized spacial score (nSPS) is 15.4. The third-order valence-electron chi connectivity index (χ3n) is 5.30. The first-order valence-electron chi connectivity index (χ1n) is 12.2. The van der Waals surface area contributed by atoms with E-state index in [1.165, 1.54) is 51.8 Å². The van der Waals surface area contributed by atoms with Gasteiger partial charge < -0.3 is 14.4 Å². The highest BCUT2D eigenvalue weighted by Gasteiger charge is 2.30. The molecule has 0 aliphatic carbocycles. The van der Waals surface area contributed by atoms with Gasteiger partial charge in [-0.25, -0.2) is 8.42 Å². The maximum absolute atomic E-state index is 13.4. The number of Topliss-reactive ketones (excluding diaryl/α,β-unsaturated/α-hetero) is 1. The molecule has 194 valence electrons. The summed E-state index contributed by atoms with van der Waals surface area (Å²) < 4.78 is 34.1. The summed E-state index contributed by atoms with van der Waals surface area (Å²) in [4.78, 5) is 23.5. The first-order valence-corrected chi connectivity index (χ1v) is 14.6. The molecule has 0 aromatic heterocycles. The van der Waals surface area contributed by atoms with E-state index >= 15 is 0 Å². The van der Waals surface area contributed by atoms with Gasteiger partial charge in [0.15, 0.2) is 5.12 Å². The van der Waals surface area contributed by atoms with Gasteiger partial charge in [0.2, 0.25) is 10.0 Å². The number of ketones is 1. The SMILES string of the molecule is CC(C)=O.CCCCOc1ccc(S(=O)(=O)N(CCN2CCCCC2)[C@H](C)CSC(C)=O)cc1. The minimum atomic E-state index is -3.66. The van der Waals surface area contributed by atoms with Gasteiger partial charge in [-0.15, -0.1) is 0 Å². The second kappa shape index (κ2) is 16.3. The number of ether oxygens (including phenoxy) is 1. The van der Waals surface area contributed by atoms with E-state index in [1.54, 1.807) is 28.6 Å². The first kappa shape index (κ1) is 30.6. The fourth-order valence-corrected chi connectivity index (χ4v) is 5.87. The summed E-state index contributed by atoms with van der Waals surface area (Å²) in [5.41, 5.74) is 0. The number of likely N-dealkylation sites (tertiary alicyclic amines) is 1. The molecule has 7 nitrogen and oxygen atoms in total.